The van der Waals surface area contributed by atoms with Crippen molar-refractivity contribution in [2.24, 2.45) is 0 Å². The number of phenolic OH excluding ortho intramolecular Hbond substituents is 1. The van der Waals surface area contributed by atoms with Crippen molar-refractivity contribution in [2.45, 2.75) is 24.6 Å². The van der Waals surface area contributed by atoms with Crippen LogP contribution >= 0.6 is 15.9 Å². The molecule has 1 unspecified atom stereocenters. The summed E-state index contributed by atoms with van der Waals surface area (Å²) in [5.41, 5.74) is 1.34. The normalized spacial score (nSPS) is 12.7. The molecule has 8 nitrogen and oxygen atoms in total. The molecule has 0 aliphatic rings. The number of aromatic hydroxyl groups is 1. The maximum atomic E-state index is 13.4. The lowest BCUT2D eigenvalue weighted by molar-refractivity contribution is -0.129. The van der Waals surface area contributed by atoms with Crippen molar-refractivity contribution in [3.63, 3.8) is 0 Å². The van der Waals surface area contributed by atoms with Gasteiger partial charge in [-0.2, -0.15) is 0 Å². The van der Waals surface area contributed by atoms with Crippen molar-refractivity contribution >= 4 is 37.8 Å². The number of hydrogen-bond donors (Lipinski definition) is 4. The summed E-state index contributed by atoms with van der Waals surface area (Å²) < 4.78 is 29.3. The zero-order valence-corrected chi connectivity index (χ0v) is 19.8. The highest BCUT2D eigenvalue weighted by Gasteiger charge is 2.51. The molecule has 2 amide bonds. The van der Waals surface area contributed by atoms with Crippen LogP contribution in [0.3, 0.4) is 0 Å². The Labute approximate surface area is 196 Å². The fraction of sp³-hybridized carbons (Fsp3) is 0.273. The molecular weight excluding hydrogens is 498 g/mol. The Morgan fingerprint density at radius 1 is 1.06 bits per heavy atom. The topological polar surface area (TPSA) is 125 Å². The molecule has 0 aromatic heterocycles. The van der Waals surface area contributed by atoms with Crippen LogP contribution in [0.4, 0.5) is 0 Å². The third-order valence-electron chi connectivity index (χ3n) is 4.55. The first-order chi connectivity index (χ1) is 15.2. The number of rotatable bonds is 10. The summed E-state index contributed by atoms with van der Waals surface area (Å²) in [7, 11) is -4.41. The zero-order valence-electron chi connectivity index (χ0n) is 17.4. The lowest BCUT2D eigenvalue weighted by atomic mass is 10.0. The second kappa shape index (κ2) is 11.7. The van der Waals surface area contributed by atoms with E-state index in [1.54, 1.807) is 0 Å². The highest BCUT2D eigenvalue weighted by molar-refractivity contribution is 9.12. The number of hydrogen-bond acceptors (Lipinski definition) is 5. The number of sulfonamides is 1. The molecule has 0 spiro atoms. The molecular formula is C22H24BrN3O5S. The van der Waals surface area contributed by atoms with Gasteiger partial charge in [-0.05, 0) is 34.5 Å². The van der Waals surface area contributed by atoms with E-state index in [0.717, 1.165) is 12.5 Å². The van der Waals surface area contributed by atoms with Gasteiger partial charge < -0.3 is 15.7 Å². The maximum absolute atomic E-state index is 13.4. The molecule has 10 heteroatoms. The van der Waals surface area contributed by atoms with E-state index in [4.69, 9.17) is 0 Å². The molecule has 0 aliphatic heterocycles. The largest absolute Gasteiger partial charge is 0.508 e. The van der Waals surface area contributed by atoms with Gasteiger partial charge in [0.05, 0.1) is 6.54 Å². The molecule has 0 fully saturated rings. The highest BCUT2D eigenvalue weighted by atomic mass is 79.9. The van der Waals surface area contributed by atoms with Crippen molar-refractivity contribution < 1.29 is 23.1 Å². The first-order valence-corrected chi connectivity index (χ1v) is 11.9. The van der Waals surface area contributed by atoms with Crippen molar-refractivity contribution in [2.75, 3.05) is 13.1 Å². The van der Waals surface area contributed by atoms with Crippen molar-refractivity contribution in [1.82, 2.24) is 15.4 Å². The third-order valence-corrected chi connectivity index (χ3v) is 6.76. The fourth-order valence-electron chi connectivity index (χ4n) is 3.05. The average Bonchev–Trinajstić information content (AvgIpc) is 2.75. The van der Waals surface area contributed by atoms with Crippen LogP contribution in [0.25, 0.3) is 0 Å². The van der Waals surface area contributed by atoms with E-state index in [9.17, 15) is 23.1 Å². The minimum absolute atomic E-state index is 0.0141. The molecule has 0 saturated heterocycles. The van der Waals surface area contributed by atoms with Crippen molar-refractivity contribution in [3.05, 3.63) is 65.7 Å². The number of halogens is 1. The van der Waals surface area contributed by atoms with Crippen LogP contribution in [0.1, 0.15) is 18.1 Å². The standard InChI is InChI=1S/C22H24BrN3O5S/c1-17(27)26-22(21(29)24-14-5-13-23,16-19-8-10-20(28)11-9-19)32(30,31)25-15-12-18-6-3-2-4-7-18/h2-4,6-11,25,28H,12,14-16H2,1H3,(H,24,29)(H,26,27). The van der Waals surface area contributed by atoms with Gasteiger partial charge >= 0.3 is 0 Å². The van der Waals surface area contributed by atoms with Gasteiger partial charge in [0, 0.05) is 35.8 Å². The van der Waals surface area contributed by atoms with Gasteiger partial charge in [0.2, 0.25) is 20.8 Å². The summed E-state index contributed by atoms with van der Waals surface area (Å²) in [5.74, 6) is 0.929. The zero-order chi connectivity index (χ0) is 23.6. The summed E-state index contributed by atoms with van der Waals surface area (Å²) in [4.78, 5) is 25.3. The smallest absolute Gasteiger partial charge is 0.264 e. The monoisotopic (exact) mass is 521 g/mol. The molecule has 2 rings (SSSR count). The fourth-order valence-corrected chi connectivity index (χ4v) is 4.76. The Bertz CT molecular complexity index is 1100. The van der Waals surface area contributed by atoms with Gasteiger partial charge in [-0.1, -0.05) is 48.4 Å². The Kier molecular flexibility index (Phi) is 9.26. The minimum atomic E-state index is -4.41. The van der Waals surface area contributed by atoms with Crippen LogP contribution in [-0.2, 0) is 32.5 Å². The van der Waals surface area contributed by atoms with Crippen LogP contribution in [0.15, 0.2) is 54.6 Å². The van der Waals surface area contributed by atoms with Gasteiger partial charge in [0.25, 0.3) is 5.91 Å². The van der Waals surface area contributed by atoms with Crippen LogP contribution in [0.5, 0.6) is 5.75 Å². The van der Waals surface area contributed by atoms with E-state index in [1.165, 1.54) is 24.3 Å². The number of amides is 2. The molecule has 170 valence electrons. The van der Waals surface area contributed by atoms with Gasteiger partial charge in [0.1, 0.15) is 5.75 Å². The lowest BCUT2D eigenvalue weighted by Crippen LogP contribution is -2.67. The van der Waals surface area contributed by atoms with Crippen LogP contribution in [-0.4, -0.2) is 43.3 Å². The van der Waals surface area contributed by atoms with E-state index < -0.39 is 26.7 Å². The van der Waals surface area contributed by atoms with Crippen molar-refractivity contribution in [3.8, 4) is 16.5 Å². The molecule has 0 bridgehead atoms. The minimum Gasteiger partial charge on any atom is -0.508 e. The molecule has 0 heterocycles. The third kappa shape index (κ3) is 6.82. The number of nitrogens with one attached hydrogen (secondary N) is 3. The van der Waals surface area contributed by atoms with Crippen LogP contribution in [0.2, 0.25) is 0 Å². The molecule has 2 aromatic rings. The second-order valence-corrected chi connectivity index (χ2v) is 9.33. The number of carbonyl (C=O) groups excluding carboxylic acids is 2. The first-order valence-electron chi connectivity index (χ1n) is 9.67. The van der Waals surface area contributed by atoms with Crippen LogP contribution in [0, 0.1) is 10.8 Å². The summed E-state index contributed by atoms with van der Waals surface area (Å²) in [6.07, 6.45) is 0.0349. The lowest BCUT2D eigenvalue weighted by Gasteiger charge is -2.32. The number of phenols is 1. The molecule has 0 radical (unpaired) electrons. The molecule has 2 aromatic carbocycles. The number of carbonyl (C=O) groups is 2. The molecule has 4 N–H and O–H groups in total. The van der Waals surface area contributed by atoms with Gasteiger partial charge in [-0.25, -0.2) is 13.1 Å². The van der Waals surface area contributed by atoms with E-state index in [2.05, 4.69) is 42.0 Å². The second-order valence-electron chi connectivity index (χ2n) is 6.94. The predicted molar refractivity (Wildman–Crippen MR) is 125 cm³/mol. The maximum Gasteiger partial charge on any atom is 0.264 e. The van der Waals surface area contributed by atoms with E-state index in [-0.39, 0.29) is 25.3 Å². The SMILES string of the molecule is CC(=O)NC(Cc1ccc(O)cc1)(C(=O)NCC#CBr)S(=O)(=O)NCCc1ccccc1. The predicted octanol–water partition coefficient (Wildman–Crippen LogP) is 1.40. The molecule has 1 atom stereocenters. The van der Waals surface area contributed by atoms with E-state index in [0.29, 0.717) is 12.0 Å². The summed E-state index contributed by atoms with van der Waals surface area (Å²) in [5, 5.41) is 14.3. The highest BCUT2D eigenvalue weighted by Crippen LogP contribution is 2.22. The summed E-state index contributed by atoms with van der Waals surface area (Å²) >= 11 is 2.91. The van der Waals surface area contributed by atoms with Gasteiger partial charge in [0.15, 0.2) is 0 Å². The van der Waals surface area contributed by atoms with Gasteiger partial charge in [-0.15, -0.1) is 0 Å². The Morgan fingerprint density at radius 3 is 2.31 bits per heavy atom. The summed E-state index contributed by atoms with van der Waals surface area (Å²) in [6.45, 7) is 1.04. The first kappa shape index (κ1) is 25.4. The summed E-state index contributed by atoms with van der Waals surface area (Å²) in [6, 6.07) is 15.0. The van der Waals surface area contributed by atoms with Crippen LogP contribution < -0.4 is 15.4 Å². The average molecular weight is 522 g/mol. The Morgan fingerprint density at radius 2 is 1.72 bits per heavy atom. The Balaban J connectivity index is 2.40. The van der Waals surface area contributed by atoms with Gasteiger partial charge in [-0.3, -0.25) is 9.59 Å². The molecule has 0 aliphatic carbocycles. The molecule has 0 saturated carbocycles. The van der Waals surface area contributed by atoms with E-state index in [1.807, 2.05) is 30.3 Å². The quantitative estimate of drug-likeness (QED) is 0.351. The van der Waals surface area contributed by atoms with Crippen molar-refractivity contribution in [1.29, 1.82) is 0 Å². The molecule has 32 heavy (non-hydrogen) atoms. The Hall–Kier alpha value is -2.87. The van der Waals surface area contributed by atoms with E-state index >= 15 is 0 Å². The number of benzene rings is 2.